The van der Waals surface area contributed by atoms with Crippen LogP contribution in [0.3, 0.4) is 0 Å². The van der Waals surface area contributed by atoms with Gasteiger partial charge in [-0.25, -0.2) is 0 Å². The molecule has 0 aliphatic heterocycles. The van der Waals surface area contributed by atoms with Gasteiger partial charge >= 0.3 is 0 Å². The number of aromatic hydroxyl groups is 1. The molecule has 72 valence electrons. The smallest absolute Gasteiger partial charge is 0.121 e. The van der Waals surface area contributed by atoms with E-state index in [9.17, 15) is 5.11 Å². The third kappa shape index (κ3) is 2.39. The lowest BCUT2D eigenvalue weighted by atomic mass is 9.96. The molecule has 0 amide bonds. The molecule has 13 heavy (non-hydrogen) atoms. The summed E-state index contributed by atoms with van der Waals surface area (Å²) in [6, 6.07) is 5.15. The van der Waals surface area contributed by atoms with Gasteiger partial charge in [0, 0.05) is 16.5 Å². The molecule has 0 aliphatic rings. The standard InChI is InChI=1S/C10H15NOS/c1-6(2)10(11)8-4-3-7(13)5-9(8)12/h3-6,10,12-13H,11H2,1-2H3. The Morgan fingerprint density at radius 2 is 2.00 bits per heavy atom. The summed E-state index contributed by atoms with van der Waals surface area (Å²) in [5.74, 6) is 0.547. The van der Waals surface area contributed by atoms with E-state index in [0.29, 0.717) is 5.92 Å². The van der Waals surface area contributed by atoms with Crippen molar-refractivity contribution < 1.29 is 5.11 Å². The summed E-state index contributed by atoms with van der Waals surface area (Å²) < 4.78 is 0. The molecule has 0 heterocycles. The Bertz CT molecular complexity index is 299. The van der Waals surface area contributed by atoms with Crippen LogP contribution in [0.4, 0.5) is 0 Å². The van der Waals surface area contributed by atoms with Crippen molar-refractivity contribution in [2.24, 2.45) is 11.7 Å². The molecule has 1 rings (SSSR count). The maximum Gasteiger partial charge on any atom is 0.121 e. The van der Waals surface area contributed by atoms with Crippen molar-refractivity contribution in [2.45, 2.75) is 24.8 Å². The van der Waals surface area contributed by atoms with Crippen molar-refractivity contribution in [3.63, 3.8) is 0 Å². The molecule has 0 fully saturated rings. The predicted molar refractivity (Wildman–Crippen MR) is 57.1 cm³/mol. The van der Waals surface area contributed by atoms with Crippen LogP contribution in [0.5, 0.6) is 5.75 Å². The first-order valence-electron chi connectivity index (χ1n) is 4.30. The van der Waals surface area contributed by atoms with Crippen LogP contribution in [-0.2, 0) is 0 Å². The fourth-order valence-corrected chi connectivity index (χ4v) is 1.37. The molecular formula is C10H15NOS. The minimum absolute atomic E-state index is 0.117. The summed E-state index contributed by atoms with van der Waals surface area (Å²) in [5.41, 5.74) is 6.69. The zero-order valence-electron chi connectivity index (χ0n) is 7.86. The largest absolute Gasteiger partial charge is 0.508 e. The molecule has 0 saturated carbocycles. The van der Waals surface area contributed by atoms with Gasteiger partial charge in [-0.05, 0) is 18.1 Å². The Hall–Kier alpha value is -0.670. The van der Waals surface area contributed by atoms with E-state index in [0.717, 1.165) is 10.5 Å². The summed E-state index contributed by atoms with van der Waals surface area (Å²) >= 11 is 4.12. The Balaban J connectivity index is 3.01. The molecule has 0 spiro atoms. The van der Waals surface area contributed by atoms with Crippen LogP contribution in [0.25, 0.3) is 0 Å². The van der Waals surface area contributed by atoms with Crippen LogP contribution in [0, 0.1) is 5.92 Å². The Labute approximate surface area is 84.2 Å². The molecule has 1 aromatic carbocycles. The van der Waals surface area contributed by atoms with Crippen molar-refractivity contribution in [3.8, 4) is 5.75 Å². The van der Waals surface area contributed by atoms with E-state index in [1.54, 1.807) is 6.07 Å². The average Bonchev–Trinajstić information content (AvgIpc) is 2.03. The van der Waals surface area contributed by atoms with Gasteiger partial charge in [0.2, 0.25) is 0 Å². The van der Waals surface area contributed by atoms with Crippen LogP contribution < -0.4 is 5.73 Å². The summed E-state index contributed by atoms with van der Waals surface area (Å²) in [5, 5.41) is 9.58. The second-order valence-electron chi connectivity index (χ2n) is 3.51. The Morgan fingerprint density at radius 3 is 2.46 bits per heavy atom. The van der Waals surface area contributed by atoms with Crippen LogP contribution in [0.2, 0.25) is 0 Å². The van der Waals surface area contributed by atoms with Gasteiger partial charge < -0.3 is 10.8 Å². The lowest BCUT2D eigenvalue weighted by molar-refractivity contribution is 0.438. The highest BCUT2D eigenvalue weighted by atomic mass is 32.1. The molecule has 1 unspecified atom stereocenters. The first-order chi connectivity index (χ1) is 6.02. The van der Waals surface area contributed by atoms with Gasteiger partial charge in [-0.15, -0.1) is 12.6 Å². The lowest BCUT2D eigenvalue weighted by Gasteiger charge is -2.17. The SMILES string of the molecule is CC(C)C(N)c1ccc(S)cc1O. The quantitative estimate of drug-likeness (QED) is 0.637. The Kier molecular flexibility index (Phi) is 3.22. The number of hydrogen-bond acceptors (Lipinski definition) is 3. The molecule has 0 bridgehead atoms. The number of rotatable bonds is 2. The van der Waals surface area contributed by atoms with Crippen molar-refractivity contribution in [1.82, 2.24) is 0 Å². The van der Waals surface area contributed by atoms with E-state index in [4.69, 9.17) is 5.73 Å². The third-order valence-corrected chi connectivity index (χ3v) is 2.37. The van der Waals surface area contributed by atoms with Crippen molar-refractivity contribution in [3.05, 3.63) is 23.8 Å². The average molecular weight is 197 g/mol. The topological polar surface area (TPSA) is 46.2 Å². The first-order valence-corrected chi connectivity index (χ1v) is 4.74. The van der Waals surface area contributed by atoms with E-state index >= 15 is 0 Å². The van der Waals surface area contributed by atoms with Crippen molar-refractivity contribution >= 4 is 12.6 Å². The fraction of sp³-hybridized carbons (Fsp3) is 0.400. The second kappa shape index (κ2) is 4.03. The van der Waals surface area contributed by atoms with Gasteiger partial charge in [-0.3, -0.25) is 0 Å². The molecule has 2 nitrogen and oxygen atoms in total. The van der Waals surface area contributed by atoms with E-state index in [1.165, 1.54) is 0 Å². The van der Waals surface area contributed by atoms with Crippen LogP contribution in [0.15, 0.2) is 23.1 Å². The van der Waals surface area contributed by atoms with Gasteiger partial charge in [0.25, 0.3) is 0 Å². The van der Waals surface area contributed by atoms with E-state index in [2.05, 4.69) is 12.6 Å². The van der Waals surface area contributed by atoms with Gasteiger partial charge in [0.1, 0.15) is 5.75 Å². The van der Waals surface area contributed by atoms with Gasteiger partial charge in [-0.1, -0.05) is 19.9 Å². The van der Waals surface area contributed by atoms with Crippen LogP contribution in [-0.4, -0.2) is 5.11 Å². The number of thiol groups is 1. The maximum atomic E-state index is 9.58. The van der Waals surface area contributed by atoms with E-state index in [1.807, 2.05) is 26.0 Å². The molecule has 1 aromatic rings. The number of phenolic OH excluding ortho intramolecular Hbond substituents is 1. The number of hydrogen-bond donors (Lipinski definition) is 3. The van der Waals surface area contributed by atoms with Gasteiger partial charge in [0.15, 0.2) is 0 Å². The van der Waals surface area contributed by atoms with Crippen LogP contribution >= 0.6 is 12.6 Å². The van der Waals surface area contributed by atoms with Crippen molar-refractivity contribution in [2.75, 3.05) is 0 Å². The van der Waals surface area contributed by atoms with E-state index in [-0.39, 0.29) is 11.8 Å². The molecule has 0 aliphatic carbocycles. The first kappa shape index (κ1) is 10.4. The summed E-state index contributed by atoms with van der Waals surface area (Å²) in [6.07, 6.45) is 0. The van der Waals surface area contributed by atoms with Crippen LogP contribution in [0.1, 0.15) is 25.5 Å². The summed E-state index contributed by atoms with van der Waals surface area (Å²) in [7, 11) is 0. The molecule has 3 heteroatoms. The van der Waals surface area contributed by atoms with E-state index < -0.39 is 0 Å². The number of benzene rings is 1. The second-order valence-corrected chi connectivity index (χ2v) is 4.03. The predicted octanol–water partition coefficient (Wildman–Crippen LogP) is 2.34. The highest BCUT2D eigenvalue weighted by molar-refractivity contribution is 7.80. The van der Waals surface area contributed by atoms with Gasteiger partial charge in [-0.2, -0.15) is 0 Å². The minimum Gasteiger partial charge on any atom is -0.508 e. The molecule has 1 atom stereocenters. The number of nitrogens with two attached hydrogens (primary N) is 1. The molecular weight excluding hydrogens is 182 g/mol. The summed E-state index contributed by atoms with van der Waals surface area (Å²) in [4.78, 5) is 0.747. The maximum absolute atomic E-state index is 9.58. The normalized spacial score (nSPS) is 13.3. The molecule has 0 aromatic heterocycles. The Morgan fingerprint density at radius 1 is 1.38 bits per heavy atom. The number of phenols is 1. The molecule has 0 radical (unpaired) electrons. The minimum atomic E-state index is -0.117. The lowest BCUT2D eigenvalue weighted by Crippen LogP contribution is -2.16. The van der Waals surface area contributed by atoms with Gasteiger partial charge in [0.05, 0.1) is 0 Å². The molecule has 3 N–H and O–H groups in total. The summed E-state index contributed by atoms with van der Waals surface area (Å²) in [6.45, 7) is 4.05. The fourth-order valence-electron chi connectivity index (χ4n) is 1.17. The zero-order valence-corrected chi connectivity index (χ0v) is 8.75. The molecule has 0 saturated heterocycles. The highest BCUT2D eigenvalue weighted by Crippen LogP contribution is 2.28. The highest BCUT2D eigenvalue weighted by Gasteiger charge is 2.13. The monoisotopic (exact) mass is 197 g/mol. The van der Waals surface area contributed by atoms with Crippen molar-refractivity contribution in [1.29, 1.82) is 0 Å². The third-order valence-electron chi connectivity index (χ3n) is 2.09. The zero-order chi connectivity index (χ0) is 10.0.